The Hall–Kier alpha value is -4.66. The second-order valence-corrected chi connectivity index (χ2v) is 18.2. The van der Waals surface area contributed by atoms with Crippen LogP contribution in [0, 0.1) is 23.7 Å². The Kier molecular flexibility index (Phi) is 6.50. The molecule has 0 saturated heterocycles. The molecule has 1 aromatic heterocycles. The van der Waals surface area contributed by atoms with Gasteiger partial charge in [-0.15, -0.1) is 11.3 Å². The van der Waals surface area contributed by atoms with Gasteiger partial charge in [-0.3, -0.25) is 0 Å². The molecular formula is C50H45NS. The number of hydrogen-bond acceptors (Lipinski definition) is 2. The Morgan fingerprint density at radius 2 is 1.25 bits per heavy atom. The van der Waals surface area contributed by atoms with Crippen molar-refractivity contribution in [3.05, 3.63) is 150 Å². The number of hydrogen-bond donors (Lipinski definition) is 0. The predicted molar refractivity (Wildman–Crippen MR) is 222 cm³/mol. The zero-order chi connectivity index (χ0) is 34.9. The van der Waals surface area contributed by atoms with Gasteiger partial charge in [-0.2, -0.15) is 0 Å². The largest absolute Gasteiger partial charge is 0.310 e. The van der Waals surface area contributed by atoms with Crippen LogP contribution in [0.15, 0.2) is 127 Å². The average molecular weight is 692 g/mol. The molecule has 2 bridgehead atoms. The molecule has 0 amide bonds. The highest BCUT2D eigenvalue weighted by molar-refractivity contribution is 7.25. The van der Waals surface area contributed by atoms with Gasteiger partial charge in [-0.25, -0.2) is 0 Å². The van der Waals surface area contributed by atoms with E-state index in [9.17, 15) is 0 Å². The molecule has 256 valence electrons. The van der Waals surface area contributed by atoms with E-state index in [1.165, 1.54) is 96.3 Å². The van der Waals surface area contributed by atoms with Gasteiger partial charge in [-0.05, 0) is 125 Å². The average Bonchev–Trinajstić information content (AvgIpc) is 3.75. The third-order valence-corrected chi connectivity index (χ3v) is 15.1. The maximum absolute atomic E-state index is 2.61. The number of benzene rings is 6. The Labute approximate surface area is 312 Å². The smallest absolute Gasteiger partial charge is 0.0543 e. The first kappa shape index (κ1) is 30.9. The van der Waals surface area contributed by atoms with Crippen molar-refractivity contribution in [2.75, 3.05) is 4.90 Å². The van der Waals surface area contributed by atoms with Gasteiger partial charge in [0.2, 0.25) is 0 Å². The van der Waals surface area contributed by atoms with Crippen molar-refractivity contribution in [2.45, 2.75) is 64.2 Å². The van der Waals surface area contributed by atoms with Crippen molar-refractivity contribution in [1.82, 2.24) is 0 Å². The molecule has 1 heterocycles. The summed E-state index contributed by atoms with van der Waals surface area (Å²) in [6, 6.07) is 49.2. The molecule has 2 fully saturated rings. The minimum Gasteiger partial charge on any atom is -0.310 e. The predicted octanol–water partition coefficient (Wildman–Crippen LogP) is 14.2. The van der Waals surface area contributed by atoms with Gasteiger partial charge in [0, 0.05) is 47.9 Å². The van der Waals surface area contributed by atoms with Gasteiger partial charge in [0.05, 0.1) is 5.69 Å². The van der Waals surface area contributed by atoms with Crippen LogP contribution in [0.25, 0.3) is 42.4 Å². The van der Waals surface area contributed by atoms with E-state index < -0.39 is 0 Å². The quantitative estimate of drug-likeness (QED) is 0.178. The maximum atomic E-state index is 2.61. The fourth-order valence-electron chi connectivity index (χ4n) is 12.0. The van der Waals surface area contributed by atoms with Gasteiger partial charge in [0.1, 0.15) is 0 Å². The zero-order valence-corrected chi connectivity index (χ0v) is 31.4. The summed E-state index contributed by atoms with van der Waals surface area (Å²) in [5.74, 6) is 2.92. The van der Waals surface area contributed by atoms with Crippen molar-refractivity contribution >= 4 is 48.6 Å². The van der Waals surface area contributed by atoms with Crippen LogP contribution in [0.3, 0.4) is 0 Å². The summed E-state index contributed by atoms with van der Waals surface area (Å²) in [7, 11) is 0. The normalized spacial score (nSPS) is 24.8. The first-order valence-corrected chi connectivity index (χ1v) is 20.3. The van der Waals surface area contributed by atoms with E-state index >= 15 is 0 Å². The van der Waals surface area contributed by atoms with Crippen LogP contribution in [-0.4, -0.2) is 0 Å². The fraction of sp³-hybridized carbons (Fsp3) is 0.280. The zero-order valence-electron chi connectivity index (χ0n) is 30.6. The lowest BCUT2D eigenvalue weighted by molar-refractivity contribution is 0.0426. The summed E-state index contributed by atoms with van der Waals surface area (Å²) in [5.41, 5.74) is 15.3. The first-order chi connectivity index (χ1) is 25.3. The lowest BCUT2D eigenvalue weighted by Gasteiger charge is -2.54. The van der Waals surface area contributed by atoms with E-state index in [0.29, 0.717) is 11.8 Å². The van der Waals surface area contributed by atoms with Gasteiger partial charge >= 0.3 is 0 Å². The number of anilines is 3. The molecule has 5 atom stereocenters. The Morgan fingerprint density at radius 1 is 0.558 bits per heavy atom. The highest BCUT2D eigenvalue weighted by Gasteiger charge is 2.57. The monoisotopic (exact) mass is 691 g/mol. The molecule has 11 rings (SSSR count). The summed E-state index contributed by atoms with van der Waals surface area (Å²) in [6.07, 6.45) is 5.41. The van der Waals surface area contributed by atoms with Gasteiger partial charge in [0.15, 0.2) is 0 Å². The van der Waals surface area contributed by atoms with Crippen LogP contribution < -0.4 is 4.90 Å². The van der Waals surface area contributed by atoms with Crippen molar-refractivity contribution in [3.63, 3.8) is 0 Å². The SMILES string of the molecule is CC1CC2CC(C)C3(c4ccccc4-c4c(N(c5ccc6c(c5)C(C)(C)c5ccccc5-6)c5ccc6c(c5)sc5ccccc56)cccc43)C(C1)C2. The minimum atomic E-state index is -0.0793. The molecule has 52 heavy (non-hydrogen) atoms. The standard InChI is InChI=1S/C50H45NS/c1-30-24-32-26-31(2)50(33(25-30)27-32)42-16-9-6-14-40(42)48-43(50)17-11-18-45(48)51(35-21-23-39-38-13-7-10-19-46(38)52-47(39)29-35)34-20-22-37-36-12-5-8-15-41(36)49(3,4)44(37)28-34/h5-23,28-33H,24-27H2,1-4H3. The molecule has 1 nitrogen and oxygen atoms in total. The summed E-state index contributed by atoms with van der Waals surface area (Å²) in [6.45, 7) is 9.90. The number of fused-ring (bicyclic) bond motifs is 14. The van der Waals surface area contributed by atoms with Gasteiger partial charge in [-0.1, -0.05) is 119 Å². The molecule has 7 aromatic rings. The molecule has 4 aliphatic carbocycles. The van der Waals surface area contributed by atoms with Crippen LogP contribution in [0.2, 0.25) is 0 Å². The highest BCUT2D eigenvalue weighted by Crippen LogP contribution is 2.66. The van der Waals surface area contributed by atoms with E-state index in [2.05, 4.69) is 160 Å². The summed E-state index contributed by atoms with van der Waals surface area (Å²) < 4.78 is 2.69. The third kappa shape index (κ3) is 4.05. The minimum absolute atomic E-state index is 0.0514. The van der Waals surface area contributed by atoms with E-state index in [0.717, 1.165) is 11.8 Å². The molecule has 0 N–H and O–H groups in total. The van der Waals surface area contributed by atoms with E-state index in [-0.39, 0.29) is 10.8 Å². The first-order valence-electron chi connectivity index (χ1n) is 19.5. The third-order valence-electron chi connectivity index (χ3n) is 14.0. The van der Waals surface area contributed by atoms with Gasteiger partial charge in [0.25, 0.3) is 0 Å². The van der Waals surface area contributed by atoms with E-state index in [1.807, 2.05) is 11.3 Å². The lowest BCUT2D eigenvalue weighted by atomic mass is 9.49. The summed E-state index contributed by atoms with van der Waals surface area (Å²) >= 11 is 1.91. The van der Waals surface area contributed by atoms with Crippen molar-refractivity contribution in [2.24, 2.45) is 23.7 Å². The second-order valence-electron chi connectivity index (χ2n) is 17.1. The molecular weight excluding hydrogens is 647 g/mol. The van der Waals surface area contributed by atoms with Crippen molar-refractivity contribution < 1.29 is 0 Å². The van der Waals surface area contributed by atoms with Crippen molar-refractivity contribution in [1.29, 1.82) is 0 Å². The molecule has 5 unspecified atom stereocenters. The Morgan fingerprint density at radius 3 is 2.13 bits per heavy atom. The van der Waals surface area contributed by atoms with Crippen LogP contribution in [0.1, 0.15) is 75.6 Å². The van der Waals surface area contributed by atoms with Crippen molar-refractivity contribution in [3.8, 4) is 22.3 Å². The molecule has 2 heteroatoms. The van der Waals surface area contributed by atoms with Crippen LogP contribution >= 0.6 is 11.3 Å². The topological polar surface area (TPSA) is 3.24 Å². The number of nitrogens with zero attached hydrogens (tertiary/aromatic N) is 1. The second kappa shape index (κ2) is 10.9. The molecule has 4 aliphatic rings. The maximum Gasteiger partial charge on any atom is 0.0543 e. The lowest BCUT2D eigenvalue weighted by Crippen LogP contribution is -2.49. The van der Waals surface area contributed by atoms with Crippen LogP contribution in [0.4, 0.5) is 17.1 Å². The van der Waals surface area contributed by atoms with Crippen LogP contribution in [-0.2, 0) is 10.8 Å². The number of thiophene rings is 1. The molecule has 2 saturated carbocycles. The van der Waals surface area contributed by atoms with Gasteiger partial charge < -0.3 is 4.90 Å². The molecule has 0 aliphatic heterocycles. The molecule has 0 radical (unpaired) electrons. The van der Waals surface area contributed by atoms with E-state index in [1.54, 1.807) is 11.1 Å². The summed E-state index contributed by atoms with van der Waals surface area (Å²) in [5, 5.41) is 2.69. The molecule has 1 spiro atoms. The van der Waals surface area contributed by atoms with Crippen LogP contribution in [0.5, 0.6) is 0 Å². The Balaban J connectivity index is 1.18. The molecule has 6 aromatic carbocycles. The highest BCUT2D eigenvalue weighted by atomic mass is 32.1. The number of rotatable bonds is 3. The Bertz CT molecular complexity index is 2580. The fourth-order valence-corrected chi connectivity index (χ4v) is 13.2. The summed E-state index contributed by atoms with van der Waals surface area (Å²) in [4.78, 5) is 2.61. The van der Waals surface area contributed by atoms with E-state index in [4.69, 9.17) is 0 Å².